The summed E-state index contributed by atoms with van der Waals surface area (Å²) >= 11 is 1.36. The molecule has 15 heavy (non-hydrogen) atoms. The summed E-state index contributed by atoms with van der Waals surface area (Å²) in [5.74, 6) is -0.614. The first-order valence-electron chi connectivity index (χ1n) is 4.71. The predicted molar refractivity (Wildman–Crippen MR) is 61.1 cm³/mol. The first kappa shape index (κ1) is 12.0. The van der Waals surface area contributed by atoms with Crippen molar-refractivity contribution in [1.29, 1.82) is 0 Å². The maximum atomic E-state index is 13.4. The lowest BCUT2D eigenvalue weighted by Crippen LogP contribution is -2.23. The highest BCUT2D eigenvalue weighted by atomic mass is 32.2. The summed E-state index contributed by atoms with van der Waals surface area (Å²) in [7, 11) is 0. The van der Waals surface area contributed by atoms with Crippen LogP contribution in [0.15, 0.2) is 24.3 Å². The second-order valence-electron chi connectivity index (χ2n) is 3.34. The molecule has 1 aromatic carbocycles. The lowest BCUT2D eigenvalue weighted by atomic mass is 10.1. The van der Waals surface area contributed by atoms with Crippen molar-refractivity contribution in [1.82, 2.24) is 0 Å². The highest BCUT2D eigenvalue weighted by Gasteiger charge is 2.17. The fourth-order valence-electron chi connectivity index (χ4n) is 1.25. The molecule has 0 aliphatic rings. The third kappa shape index (κ3) is 3.23. The molecule has 0 aliphatic carbocycles. The van der Waals surface area contributed by atoms with Gasteiger partial charge in [-0.05, 0) is 19.9 Å². The summed E-state index contributed by atoms with van der Waals surface area (Å²) in [6, 6.07) is 6.57. The van der Waals surface area contributed by atoms with E-state index in [0.29, 0.717) is 5.56 Å². The van der Waals surface area contributed by atoms with E-state index >= 15 is 0 Å². The Hall–Kier alpha value is -1.03. The number of carbonyl (C=O) groups excluding carboxylic acids is 1. The number of carbonyl (C=O) groups is 1. The van der Waals surface area contributed by atoms with Gasteiger partial charge in [0, 0.05) is 10.8 Å². The minimum atomic E-state index is -0.372. The van der Waals surface area contributed by atoms with Gasteiger partial charge in [0.2, 0.25) is 5.91 Å². The average Bonchev–Trinajstić information content (AvgIpc) is 2.18. The predicted octanol–water partition coefficient (Wildman–Crippen LogP) is 2.49. The van der Waals surface area contributed by atoms with Crippen LogP contribution in [0.5, 0.6) is 0 Å². The zero-order valence-electron chi connectivity index (χ0n) is 8.74. The van der Waals surface area contributed by atoms with E-state index in [1.54, 1.807) is 25.1 Å². The van der Waals surface area contributed by atoms with Gasteiger partial charge >= 0.3 is 0 Å². The molecule has 2 atom stereocenters. The quantitative estimate of drug-likeness (QED) is 0.858. The molecule has 0 saturated heterocycles. The molecular formula is C11H14FNOS. The number of primary amides is 1. The summed E-state index contributed by atoms with van der Waals surface area (Å²) in [6.45, 7) is 3.59. The molecule has 0 spiro atoms. The first-order valence-corrected chi connectivity index (χ1v) is 5.66. The molecule has 0 aliphatic heterocycles. The average molecular weight is 227 g/mol. The zero-order chi connectivity index (χ0) is 11.4. The van der Waals surface area contributed by atoms with E-state index < -0.39 is 0 Å². The van der Waals surface area contributed by atoms with Crippen molar-refractivity contribution in [2.24, 2.45) is 5.73 Å². The third-order valence-corrected chi connectivity index (χ3v) is 3.45. The Morgan fingerprint density at radius 3 is 2.53 bits per heavy atom. The van der Waals surface area contributed by atoms with Gasteiger partial charge in [-0.1, -0.05) is 18.2 Å². The van der Waals surface area contributed by atoms with Crippen molar-refractivity contribution in [3.8, 4) is 0 Å². The lowest BCUT2D eigenvalue weighted by molar-refractivity contribution is -0.117. The standard InChI is InChI=1S/C11H14FNOS/c1-7(15-8(2)11(13)14)9-5-3-4-6-10(9)12/h3-8H,1-2H3,(H2,13,14)/t7-,8+/m0/s1. The van der Waals surface area contributed by atoms with Crippen LogP contribution in [0.2, 0.25) is 0 Å². The smallest absolute Gasteiger partial charge is 0.230 e. The number of amides is 1. The minimum Gasteiger partial charge on any atom is -0.369 e. The van der Waals surface area contributed by atoms with E-state index in [1.807, 2.05) is 6.92 Å². The summed E-state index contributed by atoms with van der Waals surface area (Å²) in [6.07, 6.45) is 0. The number of hydrogen-bond acceptors (Lipinski definition) is 2. The molecule has 0 aromatic heterocycles. The first-order chi connectivity index (χ1) is 7.02. The third-order valence-electron chi connectivity index (χ3n) is 2.15. The molecule has 1 amide bonds. The molecule has 0 fully saturated rings. The molecule has 2 N–H and O–H groups in total. The van der Waals surface area contributed by atoms with E-state index in [0.717, 1.165) is 0 Å². The maximum absolute atomic E-state index is 13.4. The van der Waals surface area contributed by atoms with Gasteiger partial charge in [0.15, 0.2) is 0 Å². The van der Waals surface area contributed by atoms with Gasteiger partial charge in [0.05, 0.1) is 5.25 Å². The van der Waals surface area contributed by atoms with Crippen LogP contribution in [-0.2, 0) is 4.79 Å². The highest BCUT2D eigenvalue weighted by Crippen LogP contribution is 2.32. The lowest BCUT2D eigenvalue weighted by Gasteiger charge is -2.15. The van der Waals surface area contributed by atoms with Crippen molar-refractivity contribution in [3.63, 3.8) is 0 Å². The summed E-state index contributed by atoms with van der Waals surface area (Å²) < 4.78 is 13.4. The van der Waals surface area contributed by atoms with E-state index in [4.69, 9.17) is 5.73 Å². The van der Waals surface area contributed by atoms with Gasteiger partial charge in [-0.25, -0.2) is 4.39 Å². The van der Waals surface area contributed by atoms with Gasteiger partial charge in [-0.15, -0.1) is 11.8 Å². The molecule has 0 heterocycles. The molecule has 1 rings (SSSR count). The van der Waals surface area contributed by atoms with Crippen LogP contribution >= 0.6 is 11.8 Å². The molecule has 4 heteroatoms. The Bertz CT molecular complexity index is 356. The van der Waals surface area contributed by atoms with Crippen LogP contribution in [-0.4, -0.2) is 11.2 Å². The van der Waals surface area contributed by atoms with Crippen LogP contribution < -0.4 is 5.73 Å². The second-order valence-corrected chi connectivity index (χ2v) is 5.03. The summed E-state index contributed by atoms with van der Waals surface area (Å²) in [4.78, 5) is 10.9. The maximum Gasteiger partial charge on any atom is 0.230 e. The minimum absolute atomic E-state index is 0.0753. The van der Waals surface area contributed by atoms with Crippen molar-refractivity contribution >= 4 is 17.7 Å². The van der Waals surface area contributed by atoms with Gasteiger partial charge in [0.25, 0.3) is 0 Å². The Kier molecular flexibility index (Phi) is 4.15. The monoisotopic (exact) mass is 227 g/mol. The van der Waals surface area contributed by atoms with Crippen LogP contribution in [0, 0.1) is 5.82 Å². The highest BCUT2D eigenvalue weighted by molar-refractivity contribution is 8.00. The van der Waals surface area contributed by atoms with Crippen molar-refractivity contribution < 1.29 is 9.18 Å². The number of rotatable bonds is 4. The van der Waals surface area contributed by atoms with Crippen LogP contribution in [0.3, 0.4) is 0 Å². The zero-order valence-corrected chi connectivity index (χ0v) is 9.55. The fourth-order valence-corrected chi connectivity index (χ4v) is 2.34. The van der Waals surface area contributed by atoms with Crippen molar-refractivity contribution in [2.75, 3.05) is 0 Å². The molecule has 0 saturated carbocycles. The number of benzene rings is 1. The van der Waals surface area contributed by atoms with Crippen LogP contribution in [0.4, 0.5) is 4.39 Å². The second kappa shape index (κ2) is 5.16. The largest absolute Gasteiger partial charge is 0.369 e. The number of halogens is 1. The number of nitrogens with two attached hydrogens (primary N) is 1. The SMILES string of the molecule is C[C@H](S[C@H](C)C(N)=O)c1ccccc1F. The van der Waals surface area contributed by atoms with Crippen LogP contribution in [0.1, 0.15) is 24.7 Å². The van der Waals surface area contributed by atoms with Gasteiger partial charge in [-0.2, -0.15) is 0 Å². The summed E-state index contributed by atoms with van der Waals surface area (Å²) in [5.41, 5.74) is 5.75. The van der Waals surface area contributed by atoms with E-state index in [1.165, 1.54) is 17.8 Å². The van der Waals surface area contributed by atoms with Gasteiger partial charge in [-0.3, -0.25) is 4.79 Å². The Morgan fingerprint density at radius 1 is 1.40 bits per heavy atom. The van der Waals surface area contributed by atoms with E-state index in [-0.39, 0.29) is 22.2 Å². The Morgan fingerprint density at radius 2 is 2.00 bits per heavy atom. The van der Waals surface area contributed by atoms with Crippen molar-refractivity contribution in [3.05, 3.63) is 35.6 Å². The number of thioether (sulfide) groups is 1. The molecule has 0 radical (unpaired) electrons. The van der Waals surface area contributed by atoms with E-state index in [9.17, 15) is 9.18 Å². The number of hydrogen-bond donors (Lipinski definition) is 1. The molecule has 0 unspecified atom stereocenters. The van der Waals surface area contributed by atoms with Gasteiger partial charge < -0.3 is 5.73 Å². The molecular weight excluding hydrogens is 213 g/mol. The van der Waals surface area contributed by atoms with E-state index in [2.05, 4.69) is 0 Å². The van der Waals surface area contributed by atoms with Crippen LogP contribution in [0.25, 0.3) is 0 Å². The Balaban J connectivity index is 2.73. The Labute approximate surface area is 93.0 Å². The normalized spacial score (nSPS) is 14.6. The molecule has 1 aromatic rings. The molecule has 0 bridgehead atoms. The van der Waals surface area contributed by atoms with Gasteiger partial charge in [0.1, 0.15) is 5.82 Å². The molecule has 82 valence electrons. The fraction of sp³-hybridized carbons (Fsp3) is 0.364. The topological polar surface area (TPSA) is 43.1 Å². The molecule has 2 nitrogen and oxygen atoms in total. The summed E-state index contributed by atoms with van der Waals surface area (Å²) in [5, 5.41) is -0.381. The van der Waals surface area contributed by atoms with Crippen molar-refractivity contribution in [2.45, 2.75) is 24.3 Å².